The van der Waals surface area contributed by atoms with E-state index >= 15 is 0 Å². The van der Waals surface area contributed by atoms with E-state index < -0.39 is 75.2 Å². The number of fused-ring (bicyclic) bond motifs is 3. The zero-order valence-electron chi connectivity index (χ0n) is 30.1. The summed E-state index contributed by atoms with van der Waals surface area (Å²) in [5.41, 5.74) is -0.678. The highest BCUT2D eigenvalue weighted by molar-refractivity contribution is 7.92. The Balaban J connectivity index is 1.26. The van der Waals surface area contributed by atoms with Crippen LogP contribution >= 0.6 is 34.5 Å². The first-order valence-electron chi connectivity index (χ1n) is 17.8. The second-order valence-corrected chi connectivity index (χ2v) is 19.1. The number of nitrogens with zero attached hydrogens (tertiary/aromatic N) is 2. The Morgan fingerprint density at radius 1 is 1.04 bits per heavy atom. The van der Waals surface area contributed by atoms with Crippen LogP contribution in [0.15, 0.2) is 46.7 Å². The van der Waals surface area contributed by atoms with Crippen LogP contribution in [0, 0.1) is 5.92 Å². The highest BCUT2D eigenvalue weighted by atomic mass is 35.5. The van der Waals surface area contributed by atoms with Gasteiger partial charge in [-0.25, -0.2) is 22.7 Å². The molecule has 4 heterocycles. The predicted molar refractivity (Wildman–Crippen MR) is 200 cm³/mol. The molecule has 1 aromatic heterocycles. The van der Waals surface area contributed by atoms with Crippen LogP contribution in [-0.4, -0.2) is 84.0 Å². The number of amides is 5. The molecule has 5 amide bonds. The molecule has 3 N–H and O–H groups in total. The molecule has 1 saturated heterocycles. The SMILES string of the molecule is CC(C)(C)OC(=O)N[C@H]1CCCCCC=C[C@@H]2C[C@@]2(C(=O)NS(=O)(=O)c2ccc(Cl)s2)NC(=O)[C@@H]2C[C@@H](OC(=O)N3Cc4ccc(Cl)cc4C3)CN2C1=O. The molecule has 14 nitrogen and oxygen atoms in total. The van der Waals surface area contributed by atoms with E-state index in [2.05, 4.69) is 15.4 Å². The summed E-state index contributed by atoms with van der Waals surface area (Å²) in [4.78, 5) is 71.6. The third-order valence-electron chi connectivity index (χ3n) is 9.79. The summed E-state index contributed by atoms with van der Waals surface area (Å²) >= 11 is 12.9. The normalized spacial score (nSPS) is 26.0. The number of hydrogen-bond acceptors (Lipinski definition) is 10. The van der Waals surface area contributed by atoms with Crippen LogP contribution in [0.5, 0.6) is 0 Å². The molecule has 18 heteroatoms. The summed E-state index contributed by atoms with van der Waals surface area (Å²) in [6.07, 6.45) is 4.25. The van der Waals surface area contributed by atoms with Gasteiger partial charge < -0.3 is 25.0 Å². The zero-order chi connectivity index (χ0) is 39.0. The van der Waals surface area contributed by atoms with Crippen LogP contribution in [0.3, 0.4) is 0 Å². The number of thiophene rings is 1. The topological polar surface area (TPSA) is 181 Å². The first-order chi connectivity index (χ1) is 25.4. The van der Waals surface area contributed by atoms with E-state index in [4.69, 9.17) is 32.7 Å². The Hall–Kier alpha value is -3.86. The summed E-state index contributed by atoms with van der Waals surface area (Å²) in [7, 11) is -4.32. The minimum Gasteiger partial charge on any atom is -0.444 e. The van der Waals surface area contributed by atoms with Crippen molar-refractivity contribution in [2.45, 2.75) is 112 Å². The molecule has 2 fully saturated rings. The molecule has 0 spiro atoms. The fourth-order valence-electron chi connectivity index (χ4n) is 7.03. The van der Waals surface area contributed by atoms with Crippen LogP contribution in [-0.2, 0) is 47.0 Å². The Kier molecular flexibility index (Phi) is 11.6. The van der Waals surface area contributed by atoms with Crippen molar-refractivity contribution >= 4 is 74.5 Å². The number of rotatable bonds is 5. The Morgan fingerprint density at radius 3 is 2.52 bits per heavy atom. The van der Waals surface area contributed by atoms with Crippen LogP contribution in [0.4, 0.5) is 9.59 Å². The number of alkyl carbamates (subject to hydrolysis) is 1. The minimum atomic E-state index is -4.32. The van der Waals surface area contributed by atoms with Gasteiger partial charge in [0.25, 0.3) is 15.9 Å². The van der Waals surface area contributed by atoms with Gasteiger partial charge in [0, 0.05) is 30.5 Å². The van der Waals surface area contributed by atoms with Crippen LogP contribution in [0.25, 0.3) is 0 Å². The average Bonchev–Trinajstić information content (AvgIpc) is 3.44. The Bertz CT molecular complexity index is 1970. The first-order valence-corrected chi connectivity index (χ1v) is 20.8. The highest BCUT2D eigenvalue weighted by Gasteiger charge is 2.62. The fourth-order valence-corrected chi connectivity index (χ4v) is 9.75. The van der Waals surface area contributed by atoms with Crippen molar-refractivity contribution in [3.63, 3.8) is 0 Å². The van der Waals surface area contributed by atoms with Gasteiger partial charge in [-0.1, -0.05) is 54.3 Å². The molecule has 3 aliphatic heterocycles. The van der Waals surface area contributed by atoms with Gasteiger partial charge in [-0.05, 0) is 81.8 Å². The van der Waals surface area contributed by atoms with Gasteiger partial charge in [-0.2, -0.15) is 0 Å². The lowest BCUT2D eigenvalue weighted by Crippen LogP contribution is -2.58. The number of benzene rings is 1. The number of hydrogen-bond donors (Lipinski definition) is 3. The van der Waals surface area contributed by atoms with Crippen LogP contribution < -0.4 is 15.4 Å². The van der Waals surface area contributed by atoms with Crippen molar-refractivity contribution in [2.24, 2.45) is 5.92 Å². The van der Waals surface area contributed by atoms with E-state index in [-0.39, 0.29) is 40.9 Å². The van der Waals surface area contributed by atoms with E-state index in [0.29, 0.717) is 30.8 Å². The number of allylic oxidation sites excluding steroid dienone is 1. The molecule has 0 bridgehead atoms. The zero-order valence-corrected chi connectivity index (χ0v) is 33.2. The monoisotopic (exact) mass is 823 g/mol. The Morgan fingerprint density at radius 2 is 1.80 bits per heavy atom. The maximum Gasteiger partial charge on any atom is 0.410 e. The number of carbonyl (C=O) groups is 5. The lowest BCUT2D eigenvalue weighted by Gasteiger charge is -2.30. The maximum atomic E-state index is 14.4. The molecule has 1 aliphatic carbocycles. The molecule has 6 rings (SSSR count). The lowest BCUT2D eigenvalue weighted by atomic mass is 10.0. The molecule has 4 aliphatic rings. The van der Waals surface area contributed by atoms with E-state index in [0.717, 1.165) is 28.9 Å². The number of nitrogens with one attached hydrogen (secondary N) is 3. The molecular weight excluding hydrogens is 781 g/mol. The van der Waals surface area contributed by atoms with Gasteiger partial charge in [0.15, 0.2) is 0 Å². The van der Waals surface area contributed by atoms with E-state index in [1.54, 1.807) is 39.0 Å². The third-order valence-corrected chi connectivity index (χ3v) is 13.1. The summed E-state index contributed by atoms with van der Waals surface area (Å²) in [5, 5.41) is 6.00. The van der Waals surface area contributed by atoms with Gasteiger partial charge >= 0.3 is 12.2 Å². The quantitative estimate of drug-likeness (QED) is 0.339. The number of halogens is 2. The van der Waals surface area contributed by atoms with E-state index in [1.807, 2.05) is 12.1 Å². The smallest absolute Gasteiger partial charge is 0.410 e. The molecule has 1 saturated carbocycles. The highest BCUT2D eigenvalue weighted by Crippen LogP contribution is 2.46. The molecule has 5 atom stereocenters. The Labute approximate surface area is 327 Å². The van der Waals surface area contributed by atoms with Crippen molar-refractivity contribution in [1.29, 1.82) is 0 Å². The number of sulfonamides is 1. The van der Waals surface area contributed by atoms with E-state index in [9.17, 15) is 32.4 Å². The minimum absolute atomic E-state index is 0.112. The van der Waals surface area contributed by atoms with E-state index in [1.165, 1.54) is 21.9 Å². The van der Waals surface area contributed by atoms with Gasteiger partial charge in [0.05, 0.1) is 10.9 Å². The molecule has 54 heavy (non-hydrogen) atoms. The molecule has 0 radical (unpaired) electrons. The first kappa shape index (κ1) is 39.8. The summed E-state index contributed by atoms with van der Waals surface area (Å²) in [5.74, 6) is -2.78. The molecule has 2 aromatic rings. The third kappa shape index (κ3) is 9.15. The lowest BCUT2D eigenvalue weighted by molar-refractivity contribution is -0.141. The molecule has 292 valence electrons. The molecule has 0 unspecified atom stereocenters. The fraction of sp³-hybridized carbons (Fsp3) is 0.528. The predicted octanol–water partition coefficient (Wildman–Crippen LogP) is 5.27. The second-order valence-electron chi connectivity index (χ2n) is 15.0. The summed E-state index contributed by atoms with van der Waals surface area (Å²) in [6, 6.07) is 5.73. The standard InChI is InChI=1S/C36H43Cl2N5O9S2/c1-35(2,3)52-33(47)39-26-10-8-6-4-5-7-9-23-17-36(23,32(46)41-54(49,50)29-14-13-28(38)53-29)40-30(44)27-16-25(20-43(27)31(26)45)51-34(48)42-18-21-11-12-24(37)15-22(21)19-42/h7,9,11-15,23,25-27H,4-6,8,10,16-20H2,1-3H3,(H,39,47)(H,40,44)(H,41,46)/t23-,25-,26+,27+,36-/m1/s1. The molecule has 1 aromatic carbocycles. The summed E-state index contributed by atoms with van der Waals surface area (Å²) in [6.45, 7) is 5.48. The van der Waals surface area contributed by atoms with Crippen molar-refractivity contribution < 1.29 is 41.9 Å². The van der Waals surface area contributed by atoms with Crippen molar-refractivity contribution in [1.82, 2.24) is 25.2 Å². The maximum absolute atomic E-state index is 14.4. The average molecular weight is 825 g/mol. The second kappa shape index (κ2) is 15.7. The van der Waals surface area contributed by atoms with Crippen molar-refractivity contribution in [2.75, 3.05) is 6.54 Å². The van der Waals surface area contributed by atoms with Gasteiger partial charge in [-0.15, -0.1) is 11.3 Å². The van der Waals surface area contributed by atoms with Crippen LogP contribution in [0.2, 0.25) is 9.36 Å². The van der Waals surface area contributed by atoms with Gasteiger partial charge in [0.1, 0.15) is 33.5 Å². The van der Waals surface area contributed by atoms with Crippen molar-refractivity contribution in [3.05, 3.63) is 63.0 Å². The van der Waals surface area contributed by atoms with Gasteiger partial charge in [-0.3, -0.25) is 19.3 Å². The molecular formula is C36H43Cl2N5O9S2. The van der Waals surface area contributed by atoms with Crippen molar-refractivity contribution in [3.8, 4) is 0 Å². The number of carbonyl (C=O) groups excluding carboxylic acids is 5. The van der Waals surface area contributed by atoms with Gasteiger partial charge in [0.2, 0.25) is 11.8 Å². The summed E-state index contributed by atoms with van der Waals surface area (Å²) < 4.78 is 39.8. The van der Waals surface area contributed by atoms with Crippen LogP contribution in [0.1, 0.15) is 76.8 Å². The largest absolute Gasteiger partial charge is 0.444 e. The number of ether oxygens (including phenoxy) is 2.